The number of aromatic nitrogens is 1. The lowest BCUT2D eigenvalue weighted by Crippen LogP contribution is -2.07. The molecule has 108 valence electrons. The molecule has 6 heteroatoms. The summed E-state index contributed by atoms with van der Waals surface area (Å²) in [5.74, 6) is -1.02. The van der Waals surface area contributed by atoms with Crippen LogP contribution < -0.4 is 0 Å². The van der Waals surface area contributed by atoms with Crippen molar-refractivity contribution in [2.24, 2.45) is 0 Å². The van der Waals surface area contributed by atoms with Crippen molar-refractivity contribution in [2.75, 3.05) is 7.11 Å². The number of nitrogens with zero attached hydrogens (tertiary/aromatic N) is 1. The van der Waals surface area contributed by atoms with Gasteiger partial charge in [-0.3, -0.25) is 0 Å². The molecule has 0 fully saturated rings. The number of esters is 2. The first-order chi connectivity index (χ1) is 10.1. The van der Waals surface area contributed by atoms with Gasteiger partial charge in [-0.05, 0) is 29.8 Å². The van der Waals surface area contributed by atoms with E-state index in [0.29, 0.717) is 11.1 Å². The molecule has 1 aromatic carbocycles. The van der Waals surface area contributed by atoms with Gasteiger partial charge in [0.2, 0.25) is 0 Å². The van der Waals surface area contributed by atoms with Crippen molar-refractivity contribution >= 4 is 23.5 Å². The quantitative estimate of drug-likeness (QED) is 0.642. The number of benzene rings is 1. The molecule has 5 nitrogen and oxygen atoms in total. The maximum absolute atomic E-state index is 11.9. The third kappa shape index (κ3) is 3.79. The summed E-state index contributed by atoms with van der Waals surface area (Å²) in [4.78, 5) is 27.1. The number of methoxy groups -OCH3 is 1. The zero-order valence-electron chi connectivity index (χ0n) is 11.2. The van der Waals surface area contributed by atoms with Crippen molar-refractivity contribution in [3.63, 3.8) is 0 Å². The Morgan fingerprint density at radius 3 is 2.71 bits per heavy atom. The highest BCUT2D eigenvalue weighted by Crippen LogP contribution is 2.14. The van der Waals surface area contributed by atoms with Gasteiger partial charge in [0.25, 0.3) is 0 Å². The van der Waals surface area contributed by atoms with Crippen LogP contribution in [-0.4, -0.2) is 24.0 Å². The summed E-state index contributed by atoms with van der Waals surface area (Å²) in [7, 11) is 1.30. The van der Waals surface area contributed by atoms with Gasteiger partial charge in [0, 0.05) is 6.20 Å². The van der Waals surface area contributed by atoms with Crippen LogP contribution in [0.25, 0.3) is 0 Å². The molecular formula is C15H12ClNO4. The minimum absolute atomic E-state index is 0.0227. The van der Waals surface area contributed by atoms with Crippen LogP contribution in [0.4, 0.5) is 0 Å². The van der Waals surface area contributed by atoms with E-state index in [1.807, 2.05) is 0 Å². The Morgan fingerprint density at radius 1 is 1.19 bits per heavy atom. The van der Waals surface area contributed by atoms with Crippen LogP contribution in [0.3, 0.4) is 0 Å². The molecule has 1 heterocycles. The number of hydrogen-bond acceptors (Lipinski definition) is 5. The Hall–Kier alpha value is -2.40. The topological polar surface area (TPSA) is 65.5 Å². The minimum atomic E-state index is -0.573. The van der Waals surface area contributed by atoms with Crippen molar-refractivity contribution in [1.82, 2.24) is 4.98 Å². The standard InChI is InChI=1S/C15H12ClNO4/c1-20-14(18)11-5-2-4-10(8-11)9-21-15(19)12-6-3-7-17-13(12)16/h2-8H,9H2,1H3. The van der Waals surface area contributed by atoms with Crippen molar-refractivity contribution < 1.29 is 19.1 Å². The second-order valence-electron chi connectivity index (χ2n) is 4.11. The number of halogens is 1. The molecule has 0 aliphatic rings. The average molecular weight is 306 g/mol. The number of rotatable bonds is 4. The molecule has 0 N–H and O–H groups in total. The van der Waals surface area contributed by atoms with E-state index in [-0.39, 0.29) is 17.3 Å². The fourth-order valence-corrected chi connectivity index (χ4v) is 1.87. The summed E-state index contributed by atoms with van der Waals surface area (Å²) in [6.07, 6.45) is 1.49. The summed E-state index contributed by atoms with van der Waals surface area (Å²) < 4.78 is 9.78. The van der Waals surface area contributed by atoms with Gasteiger partial charge in [-0.15, -0.1) is 0 Å². The molecule has 0 bridgehead atoms. The molecule has 0 spiro atoms. The molecule has 0 saturated heterocycles. The van der Waals surface area contributed by atoms with Gasteiger partial charge in [0.1, 0.15) is 11.8 Å². The third-order valence-corrected chi connectivity index (χ3v) is 3.00. The van der Waals surface area contributed by atoms with Crippen LogP contribution in [0.1, 0.15) is 26.3 Å². The lowest BCUT2D eigenvalue weighted by molar-refractivity contribution is 0.0472. The van der Waals surface area contributed by atoms with Gasteiger partial charge in [-0.25, -0.2) is 14.6 Å². The summed E-state index contributed by atoms with van der Waals surface area (Å²) in [5.41, 5.74) is 1.26. The van der Waals surface area contributed by atoms with E-state index in [2.05, 4.69) is 9.72 Å². The zero-order chi connectivity index (χ0) is 15.2. The molecule has 0 saturated carbocycles. The van der Waals surface area contributed by atoms with E-state index < -0.39 is 11.9 Å². The molecule has 21 heavy (non-hydrogen) atoms. The fourth-order valence-electron chi connectivity index (χ4n) is 1.67. The lowest BCUT2D eigenvalue weighted by atomic mass is 10.1. The number of ether oxygens (including phenoxy) is 2. The second-order valence-corrected chi connectivity index (χ2v) is 4.47. The van der Waals surface area contributed by atoms with Gasteiger partial charge in [-0.1, -0.05) is 23.7 Å². The minimum Gasteiger partial charge on any atom is -0.465 e. The third-order valence-electron chi connectivity index (χ3n) is 2.70. The fraction of sp³-hybridized carbons (Fsp3) is 0.133. The van der Waals surface area contributed by atoms with Gasteiger partial charge in [0.15, 0.2) is 0 Å². The van der Waals surface area contributed by atoms with Crippen LogP contribution in [0, 0.1) is 0 Å². The molecule has 0 amide bonds. The van der Waals surface area contributed by atoms with Crippen LogP contribution in [0.15, 0.2) is 42.6 Å². The van der Waals surface area contributed by atoms with E-state index in [1.165, 1.54) is 19.4 Å². The summed E-state index contributed by atoms with van der Waals surface area (Å²) in [6.45, 7) is 0.0227. The number of hydrogen-bond donors (Lipinski definition) is 0. The van der Waals surface area contributed by atoms with Gasteiger partial charge in [0.05, 0.1) is 18.2 Å². The summed E-state index contributed by atoms with van der Waals surface area (Å²) >= 11 is 5.81. The van der Waals surface area contributed by atoms with Crippen LogP contribution in [0.5, 0.6) is 0 Å². The largest absolute Gasteiger partial charge is 0.465 e. The predicted octanol–water partition coefficient (Wildman–Crippen LogP) is 2.88. The van der Waals surface area contributed by atoms with E-state index in [4.69, 9.17) is 16.3 Å². The molecule has 1 aromatic heterocycles. The first kappa shape index (κ1) is 15.0. The summed E-state index contributed by atoms with van der Waals surface area (Å²) in [6, 6.07) is 9.78. The lowest BCUT2D eigenvalue weighted by Gasteiger charge is -2.07. The van der Waals surface area contributed by atoms with Crippen molar-refractivity contribution in [3.05, 3.63) is 64.4 Å². The molecule has 2 rings (SSSR count). The van der Waals surface area contributed by atoms with Gasteiger partial charge < -0.3 is 9.47 Å². The van der Waals surface area contributed by atoms with Crippen LogP contribution in [0.2, 0.25) is 5.15 Å². The maximum Gasteiger partial charge on any atom is 0.341 e. The summed E-state index contributed by atoms with van der Waals surface area (Å²) in [5, 5.41) is 0.0887. The normalized spacial score (nSPS) is 10.0. The van der Waals surface area contributed by atoms with E-state index in [9.17, 15) is 9.59 Å². The Morgan fingerprint density at radius 2 is 2.00 bits per heavy atom. The Balaban J connectivity index is 2.05. The highest BCUT2D eigenvalue weighted by atomic mass is 35.5. The van der Waals surface area contributed by atoms with E-state index in [0.717, 1.165) is 0 Å². The number of carbonyl (C=O) groups is 2. The molecule has 0 atom stereocenters. The molecule has 0 radical (unpaired) electrons. The SMILES string of the molecule is COC(=O)c1cccc(COC(=O)c2cccnc2Cl)c1. The van der Waals surface area contributed by atoms with Crippen molar-refractivity contribution in [3.8, 4) is 0 Å². The van der Waals surface area contributed by atoms with Crippen molar-refractivity contribution in [1.29, 1.82) is 0 Å². The Labute approximate surface area is 126 Å². The first-order valence-electron chi connectivity index (χ1n) is 6.06. The maximum atomic E-state index is 11.9. The molecule has 0 aliphatic carbocycles. The highest BCUT2D eigenvalue weighted by molar-refractivity contribution is 6.32. The molecular weight excluding hydrogens is 294 g/mol. The first-order valence-corrected chi connectivity index (χ1v) is 6.44. The number of pyridine rings is 1. The highest BCUT2D eigenvalue weighted by Gasteiger charge is 2.13. The monoisotopic (exact) mass is 305 g/mol. The van der Waals surface area contributed by atoms with E-state index >= 15 is 0 Å². The molecule has 2 aromatic rings. The second kappa shape index (κ2) is 6.85. The van der Waals surface area contributed by atoms with Crippen LogP contribution >= 0.6 is 11.6 Å². The smallest absolute Gasteiger partial charge is 0.341 e. The zero-order valence-corrected chi connectivity index (χ0v) is 12.0. The van der Waals surface area contributed by atoms with Crippen LogP contribution in [-0.2, 0) is 16.1 Å². The molecule has 0 unspecified atom stereocenters. The number of carbonyl (C=O) groups excluding carboxylic acids is 2. The predicted molar refractivity (Wildman–Crippen MR) is 76.1 cm³/mol. The Bertz CT molecular complexity index is 672. The Kier molecular flexibility index (Phi) is 4.90. The van der Waals surface area contributed by atoms with Gasteiger partial charge in [-0.2, -0.15) is 0 Å². The molecule has 0 aliphatic heterocycles. The van der Waals surface area contributed by atoms with E-state index in [1.54, 1.807) is 30.3 Å². The van der Waals surface area contributed by atoms with Crippen molar-refractivity contribution in [2.45, 2.75) is 6.61 Å². The average Bonchev–Trinajstić information content (AvgIpc) is 2.52. The van der Waals surface area contributed by atoms with Gasteiger partial charge >= 0.3 is 11.9 Å².